The average molecular weight is 300 g/mol. The van der Waals surface area contributed by atoms with E-state index in [1.54, 1.807) is 0 Å². The quantitative estimate of drug-likeness (QED) is 0.764. The van der Waals surface area contributed by atoms with Crippen LogP contribution in [0.5, 0.6) is 0 Å². The molecule has 1 unspecified atom stereocenters. The average Bonchev–Trinajstić information content (AvgIpc) is 2.49. The third-order valence-electron chi connectivity index (χ3n) is 3.91. The molecule has 3 heteroatoms. The van der Waals surface area contributed by atoms with Crippen LogP contribution >= 0.6 is 0 Å². The highest BCUT2D eigenvalue weighted by Crippen LogP contribution is 2.42. The summed E-state index contributed by atoms with van der Waals surface area (Å²) in [5.41, 5.74) is 2.77. The second-order valence-electron chi connectivity index (χ2n) is 5.84. The van der Waals surface area contributed by atoms with Gasteiger partial charge in [-0.3, -0.25) is 0 Å². The van der Waals surface area contributed by atoms with Gasteiger partial charge in [-0.1, -0.05) is 44.2 Å². The van der Waals surface area contributed by atoms with Crippen molar-refractivity contribution in [1.29, 1.82) is 0 Å². The minimum Gasteiger partial charge on any atom is -0.466 e. The molecule has 1 aliphatic rings. The van der Waals surface area contributed by atoms with E-state index in [1.807, 2.05) is 51.1 Å². The molecule has 118 valence electrons. The summed E-state index contributed by atoms with van der Waals surface area (Å²) >= 11 is 0. The Balaban J connectivity index is 2.56. The summed E-state index contributed by atoms with van der Waals surface area (Å²) in [6.07, 6.45) is 0. The van der Waals surface area contributed by atoms with Gasteiger partial charge in [0.25, 0.3) is 0 Å². The van der Waals surface area contributed by atoms with Crippen LogP contribution in [0.15, 0.2) is 53.0 Å². The van der Waals surface area contributed by atoms with Crippen molar-refractivity contribution in [1.82, 2.24) is 0 Å². The van der Waals surface area contributed by atoms with Crippen LogP contribution in [0.3, 0.4) is 0 Å². The molecule has 0 aromatic heterocycles. The van der Waals surface area contributed by atoms with Gasteiger partial charge in [-0.05, 0) is 31.9 Å². The molecule has 0 bridgehead atoms. The molecule has 2 rings (SSSR count). The van der Waals surface area contributed by atoms with Gasteiger partial charge < -0.3 is 9.47 Å². The van der Waals surface area contributed by atoms with E-state index >= 15 is 0 Å². The third-order valence-corrected chi connectivity index (χ3v) is 3.91. The van der Waals surface area contributed by atoms with Crippen molar-refractivity contribution < 1.29 is 14.3 Å². The molecule has 1 atom stereocenters. The van der Waals surface area contributed by atoms with Gasteiger partial charge in [0.05, 0.1) is 12.2 Å². The van der Waals surface area contributed by atoms with Crippen LogP contribution in [0.2, 0.25) is 0 Å². The van der Waals surface area contributed by atoms with Crippen LogP contribution in [0.25, 0.3) is 0 Å². The van der Waals surface area contributed by atoms with E-state index in [4.69, 9.17) is 9.47 Å². The number of ether oxygens (including phenoxy) is 2. The van der Waals surface area contributed by atoms with Gasteiger partial charge in [0, 0.05) is 11.8 Å². The van der Waals surface area contributed by atoms with Gasteiger partial charge in [-0.25, -0.2) is 4.79 Å². The Hall–Kier alpha value is -2.03. The topological polar surface area (TPSA) is 35.5 Å². The van der Waals surface area contributed by atoms with Gasteiger partial charge in [-0.2, -0.15) is 0 Å². The van der Waals surface area contributed by atoms with Crippen molar-refractivity contribution in [3.05, 3.63) is 58.6 Å². The lowest BCUT2D eigenvalue weighted by atomic mass is 9.81. The number of esters is 1. The van der Waals surface area contributed by atoms with Crippen LogP contribution in [-0.4, -0.2) is 12.6 Å². The molecule has 0 fully saturated rings. The summed E-state index contributed by atoms with van der Waals surface area (Å²) in [6, 6.07) is 10.1. The number of allylic oxidation sites excluding steroid dienone is 3. The highest BCUT2D eigenvalue weighted by molar-refractivity contribution is 5.92. The zero-order chi connectivity index (χ0) is 16.3. The molecular weight excluding hydrogens is 276 g/mol. The summed E-state index contributed by atoms with van der Waals surface area (Å²) in [5, 5.41) is 0. The fourth-order valence-corrected chi connectivity index (χ4v) is 2.97. The first-order chi connectivity index (χ1) is 10.5. The zero-order valence-corrected chi connectivity index (χ0v) is 14.0. The van der Waals surface area contributed by atoms with E-state index in [-0.39, 0.29) is 17.8 Å². The van der Waals surface area contributed by atoms with E-state index in [0.29, 0.717) is 17.9 Å². The number of carbonyl (C=O) groups excluding carboxylic acids is 1. The van der Waals surface area contributed by atoms with Crippen LogP contribution in [0.1, 0.15) is 46.1 Å². The highest BCUT2D eigenvalue weighted by atomic mass is 16.5. The minimum atomic E-state index is -0.295. The first-order valence-corrected chi connectivity index (χ1v) is 7.78. The lowest BCUT2D eigenvalue weighted by molar-refractivity contribution is -0.139. The molecule has 0 spiro atoms. The van der Waals surface area contributed by atoms with Gasteiger partial charge in [-0.15, -0.1) is 0 Å². The van der Waals surface area contributed by atoms with Crippen molar-refractivity contribution in [2.45, 2.75) is 40.5 Å². The van der Waals surface area contributed by atoms with Gasteiger partial charge in [0.2, 0.25) is 0 Å². The van der Waals surface area contributed by atoms with Crippen molar-refractivity contribution in [2.75, 3.05) is 6.61 Å². The molecule has 0 aliphatic carbocycles. The molecule has 0 saturated carbocycles. The monoisotopic (exact) mass is 300 g/mol. The Kier molecular flexibility index (Phi) is 5.07. The summed E-state index contributed by atoms with van der Waals surface area (Å²) < 4.78 is 11.2. The second-order valence-corrected chi connectivity index (χ2v) is 5.84. The van der Waals surface area contributed by atoms with Crippen molar-refractivity contribution in [3.8, 4) is 0 Å². The number of hydrogen-bond donors (Lipinski definition) is 0. The Morgan fingerprint density at radius 1 is 1.23 bits per heavy atom. The van der Waals surface area contributed by atoms with Crippen molar-refractivity contribution in [3.63, 3.8) is 0 Å². The normalized spacial score (nSPS) is 18.5. The third kappa shape index (κ3) is 3.08. The van der Waals surface area contributed by atoms with E-state index in [2.05, 4.69) is 13.8 Å². The SMILES string of the molecule is CCOC(=O)C1=C(C)OC(C(C)C)=C(C)C1c1ccccc1. The molecule has 1 aromatic rings. The first kappa shape index (κ1) is 16.3. The Morgan fingerprint density at radius 2 is 1.86 bits per heavy atom. The van der Waals surface area contributed by atoms with Gasteiger partial charge in [0.15, 0.2) is 0 Å². The van der Waals surface area contributed by atoms with Crippen molar-refractivity contribution in [2.24, 2.45) is 5.92 Å². The van der Waals surface area contributed by atoms with Crippen LogP contribution in [-0.2, 0) is 14.3 Å². The van der Waals surface area contributed by atoms with Crippen molar-refractivity contribution >= 4 is 5.97 Å². The summed E-state index contributed by atoms with van der Waals surface area (Å²) in [6.45, 7) is 10.3. The molecule has 1 heterocycles. The number of rotatable bonds is 4. The smallest absolute Gasteiger partial charge is 0.338 e. The number of hydrogen-bond acceptors (Lipinski definition) is 3. The maximum atomic E-state index is 12.4. The maximum Gasteiger partial charge on any atom is 0.338 e. The highest BCUT2D eigenvalue weighted by Gasteiger charge is 2.34. The Morgan fingerprint density at radius 3 is 2.41 bits per heavy atom. The summed E-state index contributed by atoms with van der Waals surface area (Å²) in [4.78, 5) is 12.4. The first-order valence-electron chi connectivity index (χ1n) is 7.78. The largest absolute Gasteiger partial charge is 0.466 e. The fourth-order valence-electron chi connectivity index (χ4n) is 2.97. The molecule has 0 N–H and O–H groups in total. The van der Waals surface area contributed by atoms with Crippen LogP contribution in [0, 0.1) is 5.92 Å². The number of benzene rings is 1. The standard InChI is InChI=1S/C19H24O3/c1-6-21-19(20)17-14(5)22-18(12(2)3)13(4)16(17)15-10-8-7-9-11-15/h7-12,16H,6H2,1-5H3. The Labute approximate surface area is 132 Å². The molecule has 0 amide bonds. The molecule has 1 aromatic carbocycles. The van der Waals surface area contributed by atoms with Crippen LogP contribution < -0.4 is 0 Å². The van der Waals surface area contributed by atoms with Gasteiger partial charge in [0.1, 0.15) is 11.5 Å². The maximum absolute atomic E-state index is 12.4. The predicted molar refractivity (Wildman–Crippen MR) is 87.1 cm³/mol. The van der Waals surface area contributed by atoms with E-state index in [0.717, 1.165) is 16.9 Å². The van der Waals surface area contributed by atoms with Gasteiger partial charge >= 0.3 is 5.97 Å². The molecule has 3 nitrogen and oxygen atoms in total. The molecule has 0 saturated heterocycles. The van der Waals surface area contributed by atoms with Crippen LogP contribution in [0.4, 0.5) is 0 Å². The lowest BCUT2D eigenvalue weighted by Gasteiger charge is -2.31. The molecular formula is C19H24O3. The summed E-state index contributed by atoms with van der Waals surface area (Å²) in [7, 11) is 0. The van der Waals surface area contributed by atoms with E-state index < -0.39 is 0 Å². The molecule has 1 aliphatic heterocycles. The molecule has 0 radical (unpaired) electrons. The predicted octanol–water partition coefficient (Wildman–Crippen LogP) is 4.57. The second kappa shape index (κ2) is 6.82. The van der Waals surface area contributed by atoms with E-state index in [1.165, 1.54) is 0 Å². The van der Waals surface area contributed by atoms with E-state index in [9.17, 15) is 4.79 Å². The Bertz CT molecular complexity index is 609. The number of carbonyl (C=O) groups is 1. The fraction of sp³-hybridized carbons (Fsp3) is 0.421. The minimum absolute atomic E-state index is 0.105. The lowest BCUT2D eigenvalue weighted by Crippen LogP contribution is -2.24. The zero-order valence-electron chi connectivity index (χ0n) is 14.0. The summed E-state index contributed by atoms with van der Waals surface area (Å²) in [5.74, 6) is 1.45. The molecule has 22 heavy (non-hydrogen) atoms.